The number of nitriles is 1. The van der Waals surface area contributed by atoms with Gasteiger partial charge in [-0.05, 0) is 36.6 Å². The number of rotatable bonds is 7. The largest absolute Gasteiger partial charge is 0.389 e. The van der Waals surface area contributed by atoms with Gasteiger partial charge in [-0.25, -0.2) is 0 Å². The van der Waals surface area contributed by atoms with E-state index in [4.69, 9.17) is 10.00 Å². The molecule has 0 aromatic heterocycles. The van der Waals surface area contributed by atoms with Crippen molar-refractivity contribution in [2.24, 2.45) is 5.92 Å². The fraction of sp³-hybridized carbons (Fsp3) is 0.500. The molecule has 0 aliphatic rings. The summed E-state index contributed by atoms with van der Waals surface area (Å²) in [5.41, 5.74) is 1.76. The first-order chi connectivity index (χ1) is 9.93. The second-order valence-electron chi connectivity index (χ2n) is 5.44. The normalized spacial score (nSPS) is 12.0. The van der Waals surface area contributed by atoms with Gasteiger partial charge in [-0.15, -0.1) is 0 Å². The van der Waals surface area contributed by atoms with Gasteiger partial charge in [0.1, 0.15) is 0 Å². The number of carbonyl (C=O) groups is 1. The van der Waals surface area contributed by atoms with Gasteiger partial charge in [0.15, 0.2) is 0 Å². The van der Waals surface area contributed by atoms with E-state index in [9.17, 15) is 9.90 Å². The SMILES string of the molecule is Cc1cc(C#N)ccc1C(=O)NCC(O)COCC(C)C. The van der Waals surface area contributed by atoms with Crippen LogP contribution in [0.1, 0.15) is 35.3 Å². The first-order valence-corrected chi connectivity index (χ1v) is 6.98. The van der Waals surface area contributed by atoms with Crippen LogP contribution in [0.4, 0.5) is 0 Å². The molecular weight excluding hydrogens is 268 g/mol. The zero-order chi connectivity index (χ0) is 15.8. The number of hydrogen-bond donors (Lipinski definition) is 2. The van der Waals surface area contributed by atoms with Crippen molar-refractivity contribution in [2.75, 3.05) is 19.8 Å². The summed E-state index contributed by atoms with van der Waals surface area (Å²) < 4.78 is 5.31. The highest BCUT2D eigenvalue weighted by Crippen LogP contribution is 2.10. The van der Waals surface area contributed by atoms with Crippen molar-refractivity contribution in [1.82, 2.24) is 5.32 Å². The van der Waals surface area contributed by atoms with E-state index >= 15 is 0 Å². The number of aryl methyl sites for hydroxylation is 1. The number of benzene rings is 1. The smallest absolute Gasteiger partial charge is 0.251 e. The highest BCUT2D eigenvalue weighted by molar-refractivity contribution is 5.95. The Labute approximate surface area is 125 Å². The lowest BCUT2D eigenvalue weighted by Gasteiger charge is -2.14. The van der Waals surface area contributed by atoms with E-state index in [1.165, 1.54) is 0 Å². The highest BCUT2D eigenvalue weighted by Gasteiger charge is 2.12. The topological polar surface area (TPSA) is 82.4 Å². The molecule has 0 radical (unpaired) electrons. The van der Waals surface area contributed by atoms with Crippen molar-refractivity contribution in [2.45, 2.75) is 26.9 Å². The average molecular weight is 290 g/mol. The first kappa shape index (κ1) is 17.2. The first-order valence-electron chi connectivity index (χ1n) is 6.98. The number of nitrogens with zero attached hydrogens (tertiary/aromatic N) is 1. The predicted molar refractivity (Wildman–Crippen MR) is 79.9 cm³/mol. The predicted octanol–water partition coefficient (Wildman–Crippen LogP) is 1.63. The summed E-state index contributed by atoms with van der Waals surface area (Å²) in [6.45, 7) is 6.75. The summed E-state index contributed by atoms with van der Waals surface area (Å²) >= 11 is 0. The van der Waals surface area contributed by atoms with Crippen LogP contribution in [-0.4, -0.2) is 36.9 Å². The Hall–Kier alpha value is -1.90. The van der Waals surface area contributed by atoms with Crippen LogP contribution in [-0.2, 0) is 4.74 Å². The molecular formula is C16H22N2O3. The number of aliphatic hydroxyl groups is 1. The molecule has 1 aromatic carbocycles. The molecule has 1 unspecified atom stereocenters. The summed E-state index contributed by atoms with van der Waals surface area (Å²) in [5, 5.41) is 21.2. The van der Waals surface area contributed by atoms with Gasteiger partial charge in [0.25, 0.3) is 5.91 Å². The molecule has 0 aliphatic carbocycles. The van der Waals surface area contributed by atoms with Crippen LogP contribution in [0.5, 0.6) is 0 Å². The molecule has 1 amide bonds. The lowest BCUT2D eigenvalue weighted by molar-refractivity contribution is 0.0259. The van der Waals surface area contributed by atoms with Gasteiger partial charge in [0.05, 0.1) is 24.3 Å². The quantitative estimate of drug-likeness (QED) is 0.799. The Bertz CT molecular complexity index is 521. The molecule has 0 aliphatic heterocycles. The van der Waals surface area contributed by atoms with Crippen LogP contribution in [0.3, 0.4) is 0 Å². The van der Waals surface area contributed by atoms with E-state index < -0.39 is 6.10 Å². The molecule has 0 spiro atoms. The fourth-order valence-corrected chi connectivity index (χ4v) is 1.79. The standard InChI is InChI=1S/C16H22N2O3/c1-11(2)9-21-10-14(19)8-18-16(20)15-5-4-13(7-17)6-12(15)3/h4-6,11,14,19H,8-10H2,1-3H3,(H,18,20). The van der Waals surface area contributed by atoms with Crippen LogP contribution in [0, 0.1) is 24.2 Å². The second kappa shape index (κ2) is 8.40. The number of amides is 1. The van der Waals surface area contributed by atoms with Crippen LogP contribution in [0.2, 0.25) is 0 Å². The number of carbonyl (C=O) groups excluding carboxylic acids is 1. The summed E-state index contributed by atoms with van der Waals surface area (Å²) in [5.74, 6) is 0.146. The van der Waals surface area contributed by atoms with Crippen molar-refractivity contribution in [3.8, 4) is 6.07 Å². The molecule has 1 rings (SSSR count). The summed E-state index contributed by atoms with van der Waals surface area (Å²) in [6.07, 6.45) is -0.730. The van der Waals surface area contributed by atoms with E-state index in [-0.39, 0.29) is 19.1 Å². The van der Waals surface area contributed by atoms with Crippen LogP contribution < -0.4 is 5.32 Å². The molecule has 1 atom stereocenters. The van der Waals surface area contributed by atoms with E-state index in [0.717, 1.165) is 5.56 Å². The van der Waals surface area contributed by atoms with Crippen molar-refractivity contribution < 1.29 is 14.6 Å². The number of nitrogens with one attached hydrogen (secondary N) is 1. The second-order valence-corrected chi connectivity index (χ2v) is 5.44. The van der Waals surface area contributed by atoms with Crippen molar-refractivity contribution >= 4 is 5.91 Å². The average Bonchev–Trinajstić information content (AvgIpc) is 2.44. The minimum atomic E-state index is -0.730. The van der Waals surface area contributed by atoms with Gasteiger partial charge in [-0.3, -0.25) is 4.79 Å². The van der Waals surface area contributed by atoms with E-state index in [1.807, 2.05) is 19.9 Å². The Morgan fingerprint density at radius 1 is 1.43 bits per heavy atom. The van der Waals surface area contributed by atoms with E-state index in [0.29, 0.717) is 23.7 Å². The summed E-state index contributed by atoms with van der Waals surface area (Å²) in [4.78, 5) is 12.0. The Morgan fingerprint density at radius 3 is 2.71 bits per heavy atom. The maximum atomic E-state index is 12.0. The Balaban J connectivity index is 2.45. The highest BCUT2D eigenvalue weighted by atomic mass is 16.5. The van der Waals surface area contributed by atoms with Crippen LogP contribution in [0.15, 0.2) is 18.2 Å². The molecule has 0 saturated carbocycles. The molecule has 21 heavy (non-hydrogen) atoms. The molecule has 2 N–H and O–H groups in total. The molecule has 0 heterocycles. The lowest BCUT2D eigenvalue weighted by atomic mass is 10.1. The van der Waals surface area contributed by atoms with Crippen LogP contribution in [0.25, 0.3) is 0 Å². The van der Waals surface area contributed by atoms with E-state index in [1.54, 1.807) is 25.1 Å². The van der Waals surface area contributed by atoms with Gasteiger partial charge in [-0.2, -0.15) is 5.26 Å². The zero-order valence-corrected chi connectivity index (χ0v) is 12.7. The number of ether oxygens (including phenoxy) is 1. The van der Waals surface area contributed by atoms with Gasteiger partial charge < -0.3 is 15.2 Å². The summed E-state index contributed by atoms with van der Waals surface area (Å²) in [6, 6.07) is 6.91. The molecule has 5 nitrogen and oxygen atoms in total. The van der Waals surface area contributed by atoms with Crippen molar-refractivity contribution in [3.63, 3.8) is 0 Å². The van der Waals surface area contributed by atoms with Gasteiger partial charge >= 0.3 is 0 Å². The van der Waals surface area contributed by atoms with Crippen LogP contribution >= 0.6 is 0 Å². The Morgan fingerprint density at radius 2 is 2.14 bits per heavy atom. The third-order valence-corrected chi connectivity index (χ3v) is 2.86. The number of hydrogen-bond acceptors (Lipinski definition) is 4. The van der Waals surface area contributed by atoms with Gasteiger partial charge in [-0.1, -0.05) is 13.8 Å². The minimum Gasteiger partial charge on any atom is -0.389 e. The maximum Gasteiger partial charge on any atom is 0.251 e. The van der Waals surface area contributed by atoms with Gasteiger partial charge in [0.2, 0.25) is 0 Å². The number of aliphatic hydroxyl groups excluding tert-OH is 1. The fourth-order valence-electron chi connectivity index (χ4n) is 1.79. The minimum absolute atomic E-state index is 0.135. The zero-order valence-electron chi connectivity index (χ0n) is 12.7. The molecule has 1 aromatic rings. The van der Waals surface area contributed by atoms with Crippen molar-refractivity contribution in [1.29, 1.82) is 5.26 Å². The molecule has 0 saturated heterocycles. The Kier molecular flexibility index (Phi) is 6.86. The maximum absolute atomic E-state index is 12.0. The molecule has 0 bridgehead atoms. The third kappa shape index (κ3) is 5.94. The van der Waals surface area contributed by atoms with Crippen molar-refractivity contribution in [3.05, 3.63) is 34.9 Å². The molecule has 0 fully saturated rings. The molecule has 5 heteroatoms. The lowest BCUT2D eigenvalue weighted by Crippen LogP contribution is -2.35. The monoisotopic (exact) mass is 290 g/mol. The van der Waals surface area contributed by atoms with E-state index in [2.05, 4.69) is 5.32 Å². The third-order valence-electron chi connectivity index (χ3n) is 2.86. The summed E-state index contributed by atoms with van der Waals surface area (Å²) in [7, 11) is 0. The molecule has 114 valence electrons. The van der Waals surface area contributed by atoms with Gasteiger partial charge in [0, 0.05) is 18.7 Å².